The minimum absolute atomic E-state index is 0.128. The fraction of sp³-hybridized carbons (Fsp3) is 0.296. The monoisotopic (exact) mass is 472 g/mol. The molecule has 1 fully saturated rings. The van der Waals surface area contributed by atoms with Crippen LogP contribution in [0.15, 0.2) is 71.5 Å². The Kier molecular flexibility index (Phi) is 6.90. The molecule has 4 aromatic rings. The normalized spacial score (nSPS) is 16.6. The second-order valence-electron chi connectivity index (χ2n) is 8.80. The number of oxazole rings is 1. The maximum Gasteiger partial charge on any atom is 0.329 e. The fourth-order valence-corrected chi connectivity index (χ4v) is 4.42. The van der Waals surface area contributed by atoms with Crippen LogP contribution in [0.4, 0.5) is 0 Å². The topological polar surface area (TPSA) is 109 Å². The molecule has 0 radical (unpaired) electrons. The van der Waals surface area contributed by atoms with Crippen molar-refractivity contribution >= 4 is 22.8 Å². The van der Waals surface area contributed by atoms with E-state index in [0.29, 0.717) is 5.89 Å². The molecule has 0 aliphatic carbocycles. The SMILES string of the molecule is O=C(NC(Cc1c[nH]c2ccccc12)C(=O)OCc1ccccc1)c1coc(C2CCCNC2)n1. The molecule has 8 nitrogen and oxygen atoms in total. The molecule has 3 N–H and O–H groups in total. The molecule has 180 valence electrons. The summed E-state index contributed by atoms with van der Waals surface area (Å²) in [7, 11) is 0. The van der Waals surface area contributed by atoms with E-state index in [1.165, 1.54) is 6.26 Å². The van der Waals surface area contributed by atoms with E-state index in [0.717, 1.165) is 48.0 Å². The summed E-state index contributed by atoms with van der Waals surface area (Å²) < 4.78 is 11.2. The fourth-order valence-electron chi connectivity index (χ4n) is 4.42. The van der Waals surface area contributed by atoms with Gasteiger partial charge in [0, 0.05) is 36.0 Å². The lowest BCUT2D eigenvalue weighted by Gasteiger charge is -2.19. The number of para-hydroxylation sites is 1. The first-order valence-corrected chi connectivity index (χ1v) is 11.9. The molecule has 1 saturated heterocycles. The first-order chi connectivity index (χ1) is 17.2. The quantitative estimate of drug-likeness (QED) is 0.337. The van der Waals surface area contributed by atoms with Crippen LogP contribution in [0.5, 0.6) is 0 Å². The lowest BCUT2D eigenvalue weighted by atomic mass is 10.00. The molecule has 0 spiro atoms. The number of carbonyl (C=O) groups is 2. The van der Waals surface area contributed by atoms with E-state index in [1.54, 1.807) is 0 Å². The van der Waals surface area contributed by atoms with Crippen LogP contribution in [0.3, 0.4) is 0 Å². The Balaban J connectivity index is 1.32. The highest BCUT2D eigenvalue weighted by Gasteiger charge is 2.27. The van der Waals surface area contributed by atoms with Gasteiger partial charge in [-0.25, -0.2) is 9.78 Å². The standard InChI is InChI=1S/C27H28N4O4/c32-25(24-17-34-26(31-24)19-9-6-12-28-14-19)30-23(27(33)35-16-18-7-2-1-3-8-18)13-20-15-29-22-11-5-4-10-21(20)22/h1-5,7-8,10-11,15,17,19,23,28-29H,6,9,12-14,16H2,(H,30,32). The molecule has 2 atom stereocenters. The molecular formula is C27H28N4O4. The van der Waals surface area contributed by atoms with E-state index in [1.807, 2.05) is 60.8 Å². The van der Waals surface area contributed by atoms with Crippen molar-refractivity contribution in [3.63, 3.8) is 0 Å². The number of aromatic nitrogens is 2. The number of benzene rings is 2. The van der Waals surface area contributed by atoms with Gasteiger partial charge < -0.3 is 24.8 Å². The van der Waals surface area contributed by atoms with Gasteiger partial charge >= 0.3 is 5.97 Å². The van der Waals surface area contributed by atoms with Gasteiger partial charge in [0.05, 0.1) is 0 Å². The number of esters is 1. The van der Waals surface area contributed by atoms with Crippen LogP contribution in [0, 0.1) is 0 Å². The summed E-state index contributed by atoms with van der Waals surface area (Å²) in [6.07, 6.45) is 5.49. The zero-order valence-electron chi connectivity index (χ0n) is 19.3. The summed E-state index contributed by atoms with van der Waals surface area (Å²) in [4.78, 5) is 33.8. The number of hydrogen-bond acceptors (Lipinski definition) is 6. The van der Waals surface area contributed by atoms with Gasteiger partial charge in [-0.15, -0.1) is 0 Å². The summed E-state index contributed by atoms with van der Waals surface area (Å²) in [5.74, 6) is -0.289. The predicted octanol–water partition coefficient (Wildman–Crippen LogP) is 3.71. The van der Waals surface area contributed by atoms with E-state index < -0.39 is 17.9 Å². The maximum absolute atomic E-state index is 13.1. The van der Waals surface area contributed by atoms with Crippen molar-refractivity contribution in [2.45, 2.75) is 37.8 Å². The van der Waals surface area contributed by atoms with Crippen LogP contribution in [0.2, 0.25) is 0 Å². The summed E-state index contributed by atoms with van der Waals surface area (Å²) in [6.45, 7) is 1.88. The minimum atomic E-state index is -0.887. The number of aromatic amines is 1. The lowest BCUT2D eigenvalue weighted by Crippen LogP contribution is -2.43. The van der Waals surface area contributed by atoms with Gasteiger partial charge in [-0.1, -0.05) is 48.5 Å². The Morgan fingerprint density at radius 3 is 2.80 bits per heavy atom. The first-order valence-electron chi connectivity index (χ1n) is 11.9. The van der Waals surface area contributed by atoms with Crippen molar-refractivity contribution in [1.82, 2.24) is 20.6 Å². The highest BCUT2D eigenvalue weighted by Crippen LogP contribution is 2.23. The third kappa shape index (κ3) is 5.44. The molecule has 0 saturated carbocycles. The Hall–Kier alpha value is -3.91. The van der Waals surface area contributed by atoms with Crippen molar-refractivity contribution in [2.75, 3.05) is 13.1 Å². The maximum atomic E-state index is 13.1. The van der Waals surface area contributed by atoms with Gasteiger partial charge in [-0.3, -0.25) is 4.79 Å². The predicted molar refractivity (Wildman–Crippen MR) is 131 cm³/mol. The van der Waals surface area contributed by atoms with Crippen molar-refractivity contribution in [3.05, 3.63) is 89.8 Å². The van der Waals surface area contributed by atoms with Crippen LogP contribution in [-0.4, -0.2) is 41.0 Å². The van der Waals surface area contributed by atoms with Crippen LogP contribution >= 0.6 is 0 Å². The Morgan fingerprint density at radius 1 is 1.14 bits per heavy atom. The van der Waals surface area contributed by atoms with Crippen molar-refractivity contribution < 1.29 is 18.7 Å². The molecule has 1 aliphatic rings. The molecule has 8 heteroatoms. The second kappa shape index (κ2) is 10.6. The summed E-state index contributed by atoms with van der Waals surface area (Å²) in [5.41, 5.74) is 2.91. The average Bonchev–Trinajstić information content (AvgIpc) is 3.56. The number of amides is 1. The average molecular weight is 473 g/mol. The number of piperidine rings is 1. The first kappa shape index (κ1) is 22.9. The van der Waals surface area contributed by atoms with Crippen LogP contribution < -0.4 is 10.6 Å². The molecule has 35 heavy (non-hydrogen) atoms. The van der Waals surface area contributed by atoms with E-state index in [2.05, 4.69) is 20.6 Å². The van der Waals surface area contributed by atoms with E-state index >= 15 is 0 Å². The number of nitrogens with zero attached hydrogens (tertiary/aromatic N) is 1. The van der Waals surface area contributed by atoms with Gasteiger partial charge in [0.1, 0.15) is 18.9 Å². The van der Waals surface area contributed by atoms with Crippen molar-refractivity contribution in [1.29, 1.82) is 0 Å². The van der Waals surface area contributed by atoms with Gasteiger partial charge in [0.15, 0.2) is 11.6 Å². The molecule has 2 unspecified atom stereocenters. The third-order valence-electron chi connectivity index (χ3n) is 6.31. The van der Waals surface area contributed by atoms with Gasteiger partial charge in [0.2, 0.25) is 0 Å². The molecule has 1 aliphatic heterocycles. The van der Waals surface area contributed by atoms with Crippen LogP contribution in [-0.2, 0) is 22.6 Å². The second-order valence-corrected chi connectivity index (χ2v) is 8.80. The van der Waals surface area contributed by atoms with Crippen LogP contribution in [0.25, 0.3) is 10.9 Å². The van der Waals surface area contributed by atoms with Gasteiger partial charge in [-0.05, 0) is 36.6 Å². The molecule has 2 aromatic carbocycles. The largest absolute Gasteiger partial charge is 0.459 e. The zero-order chi connectivity index (χ0) is 24.0. The Bertz CT molecular complexity index is 1290. The lowest BCUT2D eigenvalue weighted by molar-refractivity contribution is -0.147. The number of nitrogens with one attached hydrogen (secondary N) is 3. The minimum Gasteiger partial charge on any atom is -0.459 e. The highest BCUT2D eigenvalue weighted by atomic mass is 16.5. The number of H-pyrrole nitrogens is 1. The number of fused-ring (bicyclic) bond motifs is 1. The number of rotatable bonds is 8. The summed E-state index contributed by atoms with van der Waals surface area (Å²) >= 11 is 0. The summed E-state index contributed by atoms with van der Waals surface area (Å²) in [6, 6.07) is 16.4. The molecule has 0 bridgehead atoms. The molecular weight excluding hydrogens is 444 g/mol. The molecule has 5 rings (SSSR count). The zero-order valence-corrected chi connectivity index (χ0v) is 19.3. The number of carbonyl (C=O) groups excluding carboxylic acids is 2. The number of hydrogen-bond donors (Lipinski definition) is 3. The molecule has 2 aromatic heterocycles. The summed E-state index contributed by atoms with van der Waals surface area (Å²) in [5, 5.41) is 7.14. The molecule has 1 amide bonds. The van der Waals surface area contributed by atoms with Crippen molar-refractivity contribution in [2.24, 2.45) is 0 Å². The van der Waals surface area contributed by atoms with Crippen molar-refractivity contribution in [3.8, 4) is 0 Å². The van der Waals surface area contributed by atoms with Gasteiger partial charge in [-0.2, -0.15) is 0 Å². The van der Waals surface area contributed by atoms with E-state index in [-0.39, 0.29) is 24.6 Å². The number of ether oxygens (including phenoxy) is 1. The Morgan fingerprint density at radius 2 is 1.97 bits per heavy atom. The highest BCUT2D eigenvalue weighted by molar-refractivity contribution is 5.95. The smallest absolute Gasteiger partial charge is 0.329 e. The van der Waals surface area contributed by atoms with E-state index in [4.69, 9.17) is 9.15 Å². The van der Waals surface area contributed by atoms with Gasteiger partial charge in [0.25, 0.3) is 5.91 Å². The molecule has 3 heterocycles. The van der Waals surface area contributed by atoms with E-state index in [9.17, 15) is 9.59 Å². The third-order valence-corrected chi connectivity index (χ3v) is 6.31. The Labute approximate surface area is 203 Å². The van der Waals surface area contributed by atoms with Crippen LogP contribution in [0.1, 0.15) is 46.3 Å².